The van der Waals surface area contributed by atoms with Gasteiger partial charge in [0.2, 0.25) is 17.7 Å². The second-order valence-corrected chi connectivity index (χ2v) is 10.1. The van der Waals surface area contributed by atoms with Crippen LogP contribution in [0.2, 0.25) is 0 Å². The van der Waals surface area contributed by atoms with Gasteiger partial charge in [-0.05, 0) is 23.3 Å². The van der Waals surface area contributed by atoms with Gasteiger partial charge in [-0.3, -0.25) is 24.1 Å². The van der Waals surface area contributed by atoms with Crippen molar-refractivity contribution in [1.82, 2.24) is 14.7 Å². The normalized spacial score (nSPS) is 26.6. The van der Waals surface area contributed by atoms with Crippen molar-refractivity contribution in [3.8, 4) is 0 Å². The molecule has 0 spiro atoms. The van der Waals surface area contributed by atoms with Crippen LogP contribution in [0.5, 0.6) is 0 Å². The number of amides is 4. The average Bonchev–Trinajstić information content (AvgIpc) is 3.31. The highest BCUT2D eigenvalue weighted by Crippen LogP contribution is 2.54. The molecule has 7 heteroatoms. The Morgan fingerprint density at radius 1 is 0.811 bits per heavy atom. The molecule has 3 aromatic carbocycles. The van der Waals surface area contributed by atoms with Gasteiger partial charge in [-0.2, -0.15) is 0 Å². The van der Waals surface area contributed by atoms with Crippen LogP contribution in [0.15, 0.2) is 91.0 Å². The molecule has 3 heterocycles. The number of carbonyl (C=O) groups excluding carboxylic acids is 4. The molecule has 3 saturated heterocycles. The molecule has 0 aromatic heterocycles. The minimum atomic E-state index is -1.49. The Hall–Kier alpha value is -4.26. The van der Waals surface area contributed by atoms with Crippen molar-refractivity contribution >= 4 is 23.6 Å². The van der Waals surface area contributed by atoms with Crippen LogP contribution in [0.3, 0.4) is 0 Å². The summed E-state index contributed by atoms with van der Waals surface area (Å²) in [6.45, 7) is 0.351. The highest BCUT2D eigenvalue weighted by molar-refractivity contribution is 6.13. The predicted molar refractivity (Wildman–Crippen MR) is 136 cm³/mol. The molecule has 6 rings (SSSR count). The molecule has 4 amide bonds. The van der Waals surface area contributed by atoms with E-state index < -0.39 is 23.4 Å². The summed E-state index contributed by atoms with van der Waals surface area (Å²) in [6.07, 6.45) is 0.158. The Morgan fingerprint density at radius 2 is 1.38 bits per heavy atom. The van der Waals surface area contributed by atoms with Crippen LogP contribution < -0.4 is 0 Å². The number of piperazine rings is 1. The number of likely N-dealkylation sites (tertiary alicyclic amines) is 2. The lowest BCUT2D eigenvalue weighted by molar-refractivity contribution is -0.155. The van der Waals surface area contributed by atoms with E-state index >= 15 is 0 Å². The van der Waals surface area contributed by atoms with Crippen molar-refractivity contribution in [2.75, 3.05) is 13.6 Å². The Kier molecular flexibility index (Phi) is 5.44. The Morgan fingerprint density at radius 3 is 2.00 bits per heavy atom. The molecule has 3 aromatic rings. The van der Waals surface area contributed by atoms with Crippen molar-refractivity contribution in [2.45, 2.75) is 24.5 Å². The van der Waals surface area contributed by atoms with Gasteiger partial charge < -0.3 is 9.80 Å². The maximum atomic E-state index is 14.2. The maximum Gasteiger partial charge on any atom is 0.255 e. The first kappa shape index (κ1) is 23.2. The van der Waals surface area contributed by atoms with E-state index in [1.54, 1.807) is 41.1 Å². The molecule has 3 aliphatic rings. The predicted octanol–water partition coefficient (Wildman–Crippen LogP) is 2.77. The summed E-state index contributed by atoms with van der Waals surface area (Å²) in [4.78, 5) is 60.7. The first-order valence-electron chi connectivity index (χ1n) is 12.5. The molecule has 2 bridgehead atoms. The average molecular weight is 494 g/mol. The molecule has 3 aliphatic heterocycles. The van der Waals surface area contributed by atoms with E-state index in [2.05, 4.69) is 0 Å². The zero-order valence-corrected chi connectivity index (χ0v) is 20.5. The topological polar surface area (TPSA) is 78.0 Å². The van der Waals surface area contributed by atoms with Gasteiger partial charge in [-0.25, -0.2) is 0 Å². The molecule has 3 unspecified atom stereocenters. The molecule has 0 saturated carbocycles. The Bertz CT molecular complexity index is 1380. The molecule has 0 N–H and O–H groups in total. The van der Waals surface area contributed by atoms with Crippen LogP contribution >= 0.6 is 0 Å². The van der Waals surface area contributed by atoms with Crippen LogP contribution in [-0.2, 0) is 27.3 Å². The van der Waals surface area contributed by atoms with Crippen LogP contribution in [-0.4, -0.2) is 63.5 Å². The number of hydrogen-bond donors (Lipinski definition) is 0. The zero-order chi connectivity index (χ0) is 25.7. The second-order valence-electron chi connectivity index (χ2n) is 10.1. The van der Waals surface area contributed by atoms with Gasteiger partial charge in [0.15, 0.2) is 0 Å². The highest BCUT2D eigenvalue weighted by atomic mass is 16.2. The molecule has 186 valence electrons. The first-order valence-corrected chi connectivity index (χ1v) is 12.5. The van der Waals surface area contributed by atoms with Crippen LogP contribution in [0, 0.1) is 11.8 Å². The number of fused-ring (bicyclic) bond motifs is 5. The number of benzene rings is 3. The van der Waals surface area contributed by atoms with Gasteiger partial charge in [0.05, 0.1) is 24.4 Å². The van der Waals surface area contributed by atoms with E-state index in [-0.39, 0.29) is 43.1 Å². The smallest absolute Gasteiger partial charge is 0.255 e. The van der Waals surface area contributed by atoms with Crippen molar-refractivity contribution in [1.29, 1.82) is 0 Å². The van der Waals surface area contributed by atoms with Gasteiger partial charge in [-0.15, -0.1) is 0 Å². The lowest BCUT2D eigenvalue weighted by Crippen LogP contribution is -2.69. The largest absolute Gasteiger partial charge is 0.342 e. The Balaban J connectivity index is 1.50. The number of nitrogens with zero attached hydrogens (tertiary/aromatic N) is 3. The number of rotatable bonds is 5. The van der Waals surface area contributed by atoms with Gasteiger partial charge in [0, 0.05) is 25.6 Å². The van der Waals surface area contributed by atoms with E-state index in [9.17, 15) is 19.2 Å². The summed E-state index contributed by atoms with van der Waals surface area (Å²) in [5.41, 5.74) is 0.614. The first-order chi connectivity index (χ1) is 17.9. The van der Waals surface area contributed by atoms with Gasteiger partial charge in [0.1, 0.15) is 5.54 Å². The van der Waals surface area contributed by atoms with Crippen LogP contribution in [0.1, 0.15) is 21.5 Å². The Labute approximate surface area is 215 Å². The second kappa shape index (κ2) is 8.69. The lowest BCUT2D eigenvalue weighted by atomic mass is 9.75. The fraction of sp³-hybridized carbons (Fsp3) is 0.267. The molecule has 37 heavy (non-hydrogen) atoms. The summed E-state index contributed by atoms with van der Waals surface area (Å²) in [7, 11) is 1.69. The standard InChI is InChI=1S/C30H27N3O4/c1-31-19-23-24-25(28(36)32(27(24)35)18-21-13-7-3-8-14-21)30(29(31)37,17-20-11-5-2-6-12-20)33(23)26(34)22-15-9-4-10-16-22/h2-16,23-25H,17-19H2,1H3/t23?,24?,25?,30-/m1/s1. The van der Waals surface area contributed by atoms with Crippen molar-refractivity contribution in [3.05, 3.63) is 108 Å². The third-order valence-electron chi connectivity index (χ3n) is 8.05. The zero-order valence-electron chi connectivity index (χ0n) is 20.5. The molecular formula is C30H27N3O4. The molecule has 7 nitrogen and oxygen atoms in total. The molecule has 4 atom stereocenters. The summed E-state index contributed by atoms with van der Waals surface area (Å²) in [6, 6.07) is 27.0. The minimum Gasteiger partial charge on any atom is -0.342 e. The van der Waals surface area contributed by atoms with E-state index in [0.29, 0.717) is 5.56 Å². The van der Waals surface area contributed by atoms with E-state index in [0.717, 1.165) is 11.1 Å². The molecular weight excluding hydrogens is 466 g/mol. The van der Waals surface area contributed by atoms with Crippen molar-refractivity contribution < 1.29 is 19.2 Å². The monoisotopic (exact) mass is 493 g/mol. The number of hydrogen-bond acceptors (Lipinski definition) is 4. The lowest BCUT2D eigenvalue weighted by Gasteiger charge is -2.49. The van der Waals surface area contributed by atoms with Gasteiger partial charge >= 0.3 is 0 Å². The third kappa shape index (κ3) is 3.41. The van der Waals surface area contributed by atoms with Crippen LogP contribution in [0.25, 0.3) is 0 Å². The van der Waals surface area contributed by atoms with E-state index in [4.69, 9.17) is 0 Å². The van der Waals surface area contributed by atoms with Crippen molar-refractivity contribution in [3.63, 3.8) is 0 Å². The van der Waals surface area contributed by atoms with Crippen LogP contribution in [0.4, 0.5) is 0 Å². The number of carbonyl (C=O) groups is 4. The van der Waals surface area contributed by atoms with Gasteiger partial charge in [0.25, 0.3) is 5.91 Å². The fourth-order valence-electron chi connectivity index (χ4n) is 6.52. The summed E-state index contributed by atoms with van der Waals surface area (Å²) in [5.74, 6) is -3.04. The summed E-state index contributed by atoms with van der Waals surface area (Å²) < 4.78 is 0. The van der Waals surface area contributed by atoms with Crippen molar-refractivity contribution in [2.24, 2.45) is 11.8 Å². The number of imide groups is 1. The van der Waals surface area contributed by atoms with Gasteiger partial charge in [-0.1, -0.05) is 78.9 Å². The third-order valence-corrected chi connectivity index (χ3v) is 8.05. The summed E-state index contributed by atoms with van der Waals surface area (Å²) in [5, 5.41) is 0. The quantitative estimate of drug-likeness (QED) is 0.512. The van der Waals surface area contributed by atoms with E-state index in [1.165, 1.54) is 4.90 Å². The maximum absolute atomic E-state index is 14.2. The number of likely N-dealkylation sites (N-methyl/N-ethyl adjacent to an activating group) is 1. The SMILES string of the molecule is CN1CC2C3C(=O)N(Cc4ccccc4)C(=O)C3[C@](Cc3ccccc3)(C1=O)N2C(=O)c1ccccc1. The molecule has 0 aliphatic carbocycles. The fourth-order valence-corrected chi connectivity index (χ4v) is 6.52. The minimum absolute atomic E-state index is 0.149. The highest BCUT2D eigenvalue weighted by Gasteiger charge is 2.75. The summed E-state index contributed by atoms with van der Waals surface area (Å²) >= 11 is 0. The van der Waals surface area contributed by atoms with E-state index in [1.807, 2.05) is 66.7 Å². The molecule has 3 fully saturated rings. The molecule has 0 radical (unpaired) electrons.